The summed E-state index contributed by atoms with van der Waals surface area (Å²) >= 11 is 0. The molecule has 2 aromatic carbocycles. The standard InChI is InChI=1S/C10H7NO4.C10H8O2/c1-6-4-9(12)8-5-7(11(13)14)2-3-10(8)15-6;1-7-6-9(11)8-4-2-3-5-10(8)12-7/h2-5H,1H3;2-6H,1H3. The summed E-state index contributed by atoms with van der Waals surface area (Å²) in [5.41, 5.74) is 0.665. The third kappa shape index (κ3) is 3.92. The maximum Gasteiger partial charge on any atom is 0.270 e. The number of fused-ring (bicyclic) bond motifs is 2. The summed E-state index contributed by atoms with van der Waals surface area (Å²) in [5, 5.41) is 11.4. The number of aryl methyl sites for hydroxylation is 2. The number of non-ortho nitro benzene ring substituents is 1. The molecule has 2 aromatic heterocycles. The van der Waals surface area contributed by atoms with Gasteiger partial charge in [0.05, 0.1) is 15.7 Å². The van der Waals surface area contributed by atoms with Gasteiger partial charge in [0.1, 0.15) is 22.7 Å². The van der Waals surface area contributed by atoms with Gasteiger partial charge in [-0.2, -0.15) is 0 Å². The van der Waals surface area contributed by atoms with E-state index in [1.54, 1.807) is 26.0 Å². The van der Waals surface area contributed by atoms with Gasteiger partial charge >= 0.3 is 0 Å². The van der Waals surface area contributed by atoms with Crippen molar-refractivity contribution in [1.29, 1.82) is 0 Å². The van der Waals surface area contributed by atoms with Crippen LogP contribution in [0.2, 0.25) is 0 Å². The third-order valence-electron chi connectivity index (χ3n) is 3.80. The zero-order valence-electron chi connectivity index (χ0n) is 14.6. The zero-order valence-corrected chi connectivity index (χ0v) is 14.6. The second-order valence-corrected chi connectivity index (χ2v) is 5.88. The highest BCUT2D eigenvalue weighted by Crippen LogP contribution is 2.18. The molecule has 0 saturated carbocycles. The van der Waals surface area contributed by atoms with Crippen LogP contribution in [0.1, 0.15) is 11.5 Å². The Morgan fingerprint density at radius 3 is 1.96 bits per heavy atom. The van der Waals surface area contributed by atoms with Gasteiger partial charge in [-0.3, -0.25) is 19.7 Å². The van der Waals surface area contributed by atoms with Crippen LogP contribution in [0.3, 0.4) is 0 Å². The van der Waals surface area contributed by atoms with Gasteiger partial charge in [0.25, 0.3) is 5.69 Å². The van der Waals surface area contributed by atoms with Gasteiger partial charge < -0.3 is 8.83 Å². The van der Waals surface area contributed by atoms with Crippen LogP contribution in [0.4, 0.5) is 5.69 Å². The van der Waals surface area contributed by atoms with Crippen LogP contribution < -0.4 is 10.9 Å². The maximum absolute atomic E-state index is 11.5. The van der Waals surface area contributed by atoms with Gasteiger partial charge in [-0.25, -0.2) is 0 Å². The van der Waals surface area contributed by atoms with Gasteiger partial charge in [-0.15, -0.1) is 0 Å². The molecule has 0 saturated heterocycles. The molecule has 136 valence electrons. The number of nitro benzene ring substituents is 1. The van der Waals surface area contributed by atoms with Crippen LogP contribution in [0, 0.1) is 24.0 Å². The Bertz CT molecular complexity index is 1270. The molecule has 0 amide bonds. The lowest BCUT2D eigenvalue weighted by Gasteiger charge is -1.97. The fourth-order valence-electron chi connectivity index (χ4n) is 2.60. The molecule has 0 aliphatic rings. The molecule has 2 heterocycles. The number of rotatable bonds is 1. The van der Waals surface area contributed by atoms with Crippen LogP contribution in [-0.4, -0.2) is 4.92 Å². The van der Waals surface area contributed by atoms with E-state index in [2.05, 4.69) is 0 Å². The molecule has 0 bridgehead atoms. The monoisotopic (exact) mass is 365 g/mol. The highest BCUT2D eigenvalue weighted by molar-refractivity contribution is 5.79. The molecule has 0 unspecified atom stereocenters. The average Bonchev–Trinajstić information content (AvgIpc) is 2.61. The van der Waals surface area contributed by atoms with Gasteiger partial charge in [0.2, 0.25) is 0 Å². The summed E-state index contributed by atoms with van der Waals surface area (Å²) in [6.45, 7) is 3.43. The van der Waals surface area contributed by atoms with E-state index < -0.39 is 4.92 Å². The summed E-state index contributed by atoms with van der Waals surface area (Å²) in [6.07, 6.45) is 0. The number of nitrogens with zero attached hydrogens (tertiary/aromatic N) is 1. The predicted molar refractivity (Wildman–Crippen MR) is 101 cm³/mol. The Morgan fingerprint density at radius 2 is 1.33 bits per heavy atom. The van der Waals surface area contributed by atoms with Crippen LogP contribution in [0.5, 0.6) is 0 Å². The molecule has 0 N–H and O–H groups in total. The highest BCUT2D eigenvalue weighted by atomic mass is 16.6. The second kappa shape index (κ2) is 7.25. The van der Waals surface area contributed by atoms with Crippen molar-refractivity contribution in [1.82, 2.24) is 0 Å². The molecule has 4 rings (SSSR count). The number of nitro groups is 1. The van der Waals surface area contributed by atoms with Crippen molar-refractivity contribution < 1.29 is 13.8 Å². The van der Waals surface area contributed by atoms with Gasteiger partial charge in [-0.1, -0.05) is 12.1 Å². The van der Waals surface area contributed by atoms with Gasteiger partial charge in [0, 0.05) is 24.3 Å². The zero-order chi connectivity index (χ0) is 19.6. The molecular formula is C20H15NO6. The van der Waals surface area contributed by atoms with Crippen molar-refractivity contribution in [2.75, 3.05) is 0 Å². The van der Waals surface area contributed by atoms with Crippen LogP contribution >= 0.6 is 0 Å². The Labute approximate surface area is 152 Å². The first-order valence-corrected chi connectivity index (χ1v) is 8.03. The van der Waals surface area contributed by atoms with Crippen molar-refractivity contribution in [3.05, 3.63) is 96.7 Å². The molecule has 7 nitrogen and oxygen atoms in total. The van der Waals surface area contributed by atoms with Crippen LogP contribution in [0.25, 0.3) is 21.9 Å². The van der Waals surface area contributed by atoms with E-state index in [0.717, 1.165) is 0 Å². The van der Waals surface area contributed by atoms with Crippen molar-refractivity contribution in [2.24, 2.45) is 0 Å². The number of benzene rings is 2. The smallest absolute Gasteiger partial charge is 0.270 e. The average molecular weight is 365 g/mol. The largest absolute Gasteiger partial charge is 0.461 e. The topological polar surface area (TPSA) is 104 Å². The quantitative estimate of drug-likeness (QED) is 0.371. The van der Waals surface area contributed by atoms with Gasteiger partial charge in [0.15, 0.2) is 10.9 Å². The first kappa shape index (κ1) is 18.1. The van der Waals surface area contributed by atoms with Crippen molar-refractivity contribution in [3.8, 4) is 0 Å². The highest BCUT2D eigenvalue weighted by Gasteiger charge is 2.09. The molecule has 0 spiro atoms. The molecule has 4 aromatic rings. The minimum absolute atomic E-state index is 0.0225. The molecule has 0 aliphatic heterocycles. The Morgan fingerprint density at radius 1 is 0.778 bits per heavy atom. The second-order valence-electron chi connectivity index (χ2n) is 5.88. The fraction of sp³-hybridized carbons (Fsp3) is 0.100. The third-order valence-corrected chi connectivity index (χ3v) is 3.80. The van der Waals surface area contributed by atoms with Crippen LogP contribution in [-0.2, 0) is 0 Å². The first-order chi connectivity index (χ1) is 12.8. The molecule has 7 heteroatoms. The van der Waals surface area contributed by atoms with Gasteiger partial charge in [-0.05, 0) is 32.0 Å². The predicted octanol–water partition coefficient (Wildman–Crippen LogP) is 4.11. The Balaban J connectivity index is 0.000000159. The van der Waals surface area contributed by atoms with E-state index in [4.69, 9.17) is 8.83 Å². The molecule has 27 heavy (non-hydrogen) atoms. The lowest BCUT2D eigenvalue weighted by Crippen LogP contribution is -2.01. The summed E-state index contributed by atoms with van der Waals surface area (Å²) in [4.78, 5) is 32.8. The van der Waals surface area contributed by atoms with Crippen molar-refractivity contribution in [3.63, 3.8) is 0 Å². The maximum atomic E-state index is 11.5. The van der Waals surface area contributed by atoms with Crippen molar-refractivity contribution >= 4 is 27.6 Å². The van der Waals surface area contributed by atoms with Crippen molar-refractivity contribution in [2.45, 2.75) is 13.8 Å². The van der Waals surface area contributed by atoms with E-state index in [9.17, 15) is 19.7 Å². The minimum atomic E-state index is -0.543. The number of hydrogen-bond donors (Lipinski definition) is 0. The molecule has 0 aliphatic carbocycles. The summed E-state index contributed by atoms with van der Waals surface area (Å²) in [5.74, 6) is 1.14. The van der Waals surface area contributed by atoms with E-state index in [0.29, 0.717) is 28.1 Å². The summed E-state index contributed by atoms with van der Waals surface area (Å²) < 4.78 is 10.6. The van der Waals surface area contributed by atoms with E-state index in [1.807, 2.05) is 12.1 Å². The van der Waals surface area contributed by atoms with E-state index >= 15 is 0 Å². The first-order valence-electron chi connectivity index (χ1n) is 8.03. The van der Waals surface area contributed by atoms with E-state index in [-0.39, 0.29) is 21.9 Å². The number of para-hydroxylation sites is 1. The Hall–Kier alpha value is -3.74. The van der Waals surface area contributed by atoms with Crippen LogP contribution in [0.15, 0.2) is 73.0 Å². The SMILES string of the molecule is Cc1cc(=O)c2cc([N+](=O)[O-])ccc2o1.Cc1cc(=O)c2ccccc2o1. The fourth-order valence-corrected chi connectivity index (χ4v) is 2.60. The number of hydrogen-bond acceptors (Lipinski definition) is 6. The molecule has 0 atom stereocenters. The van der Waals surface area contributed by atoms with E-state index in [1.165, 1.54) is 30.3 Å². The lowest BCUT2D eigenvalue weighted by atomic mass is 10.2. The minimum Gasteiger partial charge on any atom is -0.461 e. The molecule has 0 radical (unpaired) electrons. The summed E-state index contributed by atoms with van der Waals surface area (Å²) in [6, 6.07) is 14.0. The lowest BCUT2D eigenvalue weighted by molar-refractivity contribution is -0.384. The normalized spacial score (nSPS) is 10.4. The molecular weight excluding hydrogens is 350 g/mol. The Kier molecular flexibility index (Phi) is 4.85. The molecule has 0 fully saturated rings. The summed E-state index contributed by atoms with van der Waals surface area (Å²) in [7, 11) is 0.